The maximum atomic E-state index is 13.5. The largest absolute Gasteiger partial charge is 0.366 e. The number of hydrogen-bond donors (Lipinski definition) is 0. The minimum atomic E-state index is -0.542. The van der Waals surface area contributed by atoms with Gasteiger partial charge in [0.1, 0.15) is 11.4 Å². The lowest BCUT2D eigenvalue weighted by atomic mass is 10.1. The SMILES string of the molecule is C=CCC1OCC(C)(OCc2ccccc2F)CO1. The molecule has 1 aliphatic rings. The van der Waals surface area contributed by atoms with Gasteiger partial charge in [0.15, 0.2) is 6.29 Å². The first kappa shape index (κ1) is 14.2. The van der Waals surface area contributed by atoms with Crippen molar-refractivity contribution in [3.8, 4) is 0 Å². The molecule has 0 atom stereocenters. The van der Waals surface area contributed by atoms with Crippen LogP contribution in [0.15, 0.2) is 36.9 Å². The zero-order valence-electron chi connectivity index (χ0n) is 11.1. The van der Waals surface area contributed by atoms with Gasteiger partial charge in [-0.05, 0) is 13.0 Å². The molecular formula is C15H19FO3. The summed E-state index contributed by atoms with van der Waals surface area (Å²) in [5.41, 5.74) is -0.00288. The fourth-order valence-corrected chi connectivity index (χ4v) is 1.85. The Labute approximate surface area is 113 Å². The van der Waals surface area contributed by atoms with Crippen LogP contribution in [0.3, 0.4) is 0 Å². The molecule has 0 spiro atoms. The lowest BCUT2D eigenvalue weighted by Gasteiger charge is -2.37. The van der Waals surface area contributed by atoms with Crippen molar-refractivity contribution in [3.05, 3.63) is 48.3 Å². The van der Waals surface area contributed by atoms with Gasteiger partial charge in [0, 0.05) is 12.0 Å². The van der Waals surface area contributed by atoms with Gasteiger partial charge in [-0.3, -0.25) is 0 Å². The smallest absolute Gasteiger partial charge is 0.161 e. The second-order valence-electron chi connectivity index (χ2n) is 4.91. The lowest BCUT2D eigenvalue weighted by Crippen LogP contribution is -2.46. The summed E-state index contributed by atoms with van der Waals surface area (Å²) in [6.45, 7) is 6.62. The molecule has 0 bridgehead atoms. The molecule has 4 heteroatoms. The first-order valence-corrected chi connectivity index (χ1v) is 6.34. The van der Waals surface area contributed by atoms with E-state index in [4.69, 9.17) is 14.2 Å². The van der Waals surface area contributed by atoms with E-state index in [1.165, 1.54) is 6.07 Å². The fraction of sp³-hybridized carbons (Fsp3) is 0.467. The molecule has 1 fully saturated rings. The number of ether oxygens (including phenoxy) is 3. The van der Waals surface area contributed by atoms with Crippen LogP contribution >= 0.6 is 0 Å². The second-order valence-corrected chi connectivity index (χ2v) is 4.91. The third-order valence-electron chi connectivity index (χ3n) is 3.04. The quantitative estimate of drug-likeness (QED) is 0.767. The summed E-state index contributed by atoms with van der Waals surface area (Å²) in [5, 5.41) is 0. The van der Waals surface area contributed by atoms with Crippen molar-refractivity contribution in [2.45, 2.75) is 31.8 Å². The first-order chi connectivity index (χ1) is 9.13. The molecule has 1 aromatic rings. The highest BCUT2D eigenvalue weighted by Crippen LogP contribution is 2.23. The number of halogens is 1. The Hall–Kier alpha value is -1.23. The molecule has 104 valence electrons. The van der Waals surface area contributed by atoms with E-state index in [9.17, 15) is 4.39 Å². The first-order valence-electron chi connectivity index (χ1n) is 6.34. The Morgan fingerprint density at radius 3 is 2.74 bits per heavy atom. The molecule has 0 N–H and O–H groups in total. The van der Waals surface area contributed by atoms with E-state index < -0.39 is 5.60 Å². The highest BCUT2D eigenvalue weighted by Gasteiger charge is 2.33. The van der Waals surface area contributed by atoms with Gasteiger partial charge in [-0.2, -0.15) is 0 Å². The lowest BCUT2D eigenvalue weighted by molar-refractivity contribution is -0.261. The van der Waals surface area contributed by atoms with Crippen LogP contribution in [0.5, 0.6) is 0 Å². The molecule has 0 unspecified atom stereocenters. The van der Waals surface area contributed by atoms with E-state index >= 15 is 0 Å². The summed E-state index contributed by atoms with van der Waals surface area (Å²) in [6, 6.07) is 6.59. The van der Waals surface area contributed by atoms with Crippen LogP contribution in [0.25, 0.3) is 0 Å². The maximum absolute atomic E-state index is 13.5. The maximum Gasteiger partial charge on any atom is 0.161 e. The summed E-state index contributed by atoms with van der Waals surface area (Å²) in [5.74, 6) is -0.256. The van der Waals surface area contributed by atoms with Crippen LogP contribution in [0, 0.1) is 5.82 Å². The summed E-state index contributed by atoms with van der Waals surface area (Å²) >= 11 is 0. The Kier molecular flexibility index (Phi) is 4.69. The molecule has 1 saturated heterocycles. The van der Waals surface area contributed by atoms with Gasteiger partial charge in [-0.1, -0.05) is 24.3 Å². The van der Waals surface area contributed by atoms with Crippen molar-refractivity contribution >= 4 is 0 Å². The third-order valence-corrected chi connectivity index (χ3v) is 3.04. The van der Waals surface area contributed by atoms with Crippen molar-refractivity contribution in [2.24, 2.45) is 0 Å². The second kappa shape index (κ2) is 6.28. The predicted octanol–water partition coefficient (Wildman–Crippen LogP) is 3.05. The molecular weight excluding hydrogens is 247 g/mol. The van der Waals surface area contributed by atoms with Crippen LogP contribution in [-0.4, -0.2) is 25.1 Å². The average molecular weight is 266 g/mol. The molecule has 1 aromatic carbocycles. The van der Waals surface area contributed by atoms with Gasteiger partial charge in [0.05, 0.1) is 19.8 Å². The van der Waals surface area contributed by atoms with E-state index in [0.717, 1.165) is 0 Å². The van der Waals surface area contributed by atoms with E-state index in [0.29, 0.717) is 25.2 Å². The zero-order valence-corrected chi connectivity index (χ0v) is 11.1. The molecule has 0 aliphatic carbocycles. The van der Waals surface area contributed by atoms with Gasteiger partial charge >= 0.3 is 0 Å². The molecule has 1 aliphatic heterocycles. The van der Waals surface area contributed by atoms with E-state index in [-0.39, 0.29) is 18.7 Å². The summed E-state index contributed by atoms with van der Waals surface area (Å²) in [6.07, 6.45) is 2.17. The summed E-state index contributed by atoms with van der Waals surface area (Å²) < 4.78 is 30.3. The summed E-state index contributed by atoms with van der Waals surface area (Å²) in [4.78, 5) is 0. The number of rotatable bonds is 5. The normalized spacial score (nSPS) is 27.2. The van der Waals surface area contributed by atoms with Gasteiger partial charge in [-0.15, -0.1) is 6.58 Å². The Balaban J connectivity index is 1.86. The molecule has 19 heavy (non-hydrogen) atoms. The predicted molar refractivity (Wildman–Crippen MR) is 70.1 cm³/mol. The van der Waals surface area contributed by atoms with Crippen LogP contribution in [0.2, 0.25) is 0 Å². The molecule has 1 heterocycles. The zero-order chi connectivity index (χ0) is 13.7. The van der Waals surface area contributed by atoms with Crippen molar-refractivity contribution in [2.75, 3.05) is 13.2 Å². The Morgan fingerprint density at radius 2 is 2.11 bits per heavy atom. The fourth-order valence-electron chi connectivity index (χ4n) is 1.85. The Bertz CT molecular complexity index is 425. The van der Waals surface area contributed by atoms with Crippen molar-refractivity contribution in [1.29, 1.82) is 0 Å². The molecule has 3 nitrogen and oxygen atoms in total. The summed E-state index contributed by atoms with van der Waals surface area (Å²) in [7, 11) is 0. The standard InChI is InChI=1S/C15H19FO3/c1-3-6-14-17-10-15(2,11-18-14)19-9-12-7-4-5-8-13(12)16/h3-5,7-8,14H,1,6,9-11H2,2H3. The van der Waals surface area contributed by atoms with Crippen LogP contribution in [-0.2, 0) is 20.8 Å². The third kappa shape index (κ3) is 3.86. The van der Waals surface area contributed by atoms with E-state index in [2.05, 4.69) is 6.58 Å². The van der Waals surface area contributed by atoms with Crippen molar-refractivity contribution in [3.63, 3.8) is 0 Å². The van der Waals surface area contributed by atoms with Gasteiger partial charge in [-0.25, -0.2) is 4.39 Å². The van der Waals surface area contributed by atoms with Gasteiger partial charge in [0.25, 0.3) is 0 Å². The molecule has 2 rings (SSSR count). The molecule has 0 radical (unpaired) electrons. The van der Waals surface area contributed by atoms with Crippen LogP contribution in [0.1, 0.15) is 18.9 Å². The topological polar surface area (TPSA) is 27.7 Å². The van der Waals surface area contributed by atoms with Crippen LogP contribution in [0.4, 0.5) is 4.39 Å². The van der Waals surface area contributed by atoms with Gasteiger partial charge < -0.3 is 14.2 Å². The number of benzene rings is 1. The van der Waals surface area contributed by atoms with Crippen molar-refractivity contribution < 1.29 is 18.6 Å². The Morgan fingerprint density at radius 1 is 1.42 bits per heavy atom. The number of hydrogen-bond acceptors (Lipinski definition) is 3. The molecule has 0 aromatic heterocycles. The molecule has 0 amide bonds. The van der Waals surface area contributed by atoms with Gasteiger partial charge in [0.2, 0.25) is 0 Å². The average Bonchev–Trinajstić information content (AvgIpc) is 2.41. The highest BCUT2D eigenvalue weighted by atomic mass is 19.1. The van der Waals surface area contributed by atoms with Crippen LogP contribution < -0.4 is 0 Å². The van der Waals surface area contributed by atoms with E-state index in [1.54, 1.807) is 24.3 Å². The minimum Gasteiger partial charge on any atom is -0.366 e. The monoisotopic (exact) mass is 266 g/mol. The van der Waals surface area contributed by atoms with Crippen molar-refractivity contribution in [1.82, 2.24) is 0 Å². The highest BCUT2D eigenvalue weighted by molar-refractivity contribution is 5.16. The minimum absolute atomic E-state index is 0.210. The molecule has 0 saturated carbocycles. The van der Waals surface area contributed by atoms with E-state index in [1.807, 2.05) is 6.92 Å².